The Morgan fingerprint density at radius 2 is 1.64 bits per heavy atom. The highest BCUT2D eigenvalue weighted by molar-refractivity contribution is 5.96. The SMILES string of the molecule is CCC(=O)Oc1c2n(ncc1=O)C(C1c3ccccc3CCc3ccccc31)CN(C)C2=O. The van der Waals surface area contributed by atoms with Crippen LogP contribution in [0.2, 0.25) is 0 Å². The molecule has 0 radical (unpaired) electrons. The first-order valence-corrected chi connectivity index (χ1v) is 11.2. The van der Waals surface area contributed by atoms with Crippen molar-refractivity contribution < 1.29 is 14.3 Å². The van der Waals surface area contributed by atoms with Gasteiger partial charge in [-0.05, 0) is 35.1 Å². The number of amides is 1. The summed E-state index contributed by atoms with van der Waals surface area (Å²) >= 11 is 0. The molecule has 0 spiro atoms. The Bertz CT molecular complexity index is 1270. The predicted molar refractivity (Wildman–Crippen MR) is 123 cm³/mol. The van der Waals surface area contributed by atoms with Crippen molar-refractivity contribution in [3.05, 3.63) is 92.9 Å². The maximum absolute atomic E-state index is 13.2. The Kier molecular flexibility index (Phi) is 5.32. The first-order chi connectivity index (χ1) is 16.0. The molecule has 5 rings (SSSR count). The Balaban J connectivity index is 1.75. The highest BCUT2D eigenvalue weighted by atomic mass is 16.5. The van der Waals surface area contributed by atoms with Crippen LogP contribution < -0.4 is 10.2 Å². The summed E-state index contributed by atoms with van der Waals surface area (Å²) in [6.45, 7) is 2.06. The van der Waals surface area contributed by atoms with E-state index in [1.807, 2.05) is 24.3 Å². The topological polar surface area (TPSA) is 81.5 Å². The molecule has 168 valence electrons. The Morgan fingerprint density at radius 1 is 1.03 bits per heavy atom. The van der Waals surface area contributed by atoms with E-state index >= 15 is 0 Å². The summed E-state index contributed by atoms with van der Waals surface area (Å²) in [5, 5.41) is 4.40. The second kappa shape index (κ2) is 8.31. The van der Waals surface area contributed by atoms with E-state index in [1.54, 1.807) is 23.6 Å². The van der Waals surface area contributed by atoms with Gasteiger partial charge in [-0.25, -0.2) is 0 Å². The maximum atomic E-state index is 13.2. The number of hydrogen-bond acceptors (Lipinski definition) is 5. The summed E-state index contributed by atoms with van der Waals surface area (Å²) in [4.78, 5) is 39.4. The third-order valence-electron chi connectivity index (χ3n) is 6.63. The molecule has 2 aromatic carbocycles. The molecule has 1 unspecified atom stereocenters. The van der Waals surface area contributed by atoms with Gasteiger partial charge < -0.3 is 9.64 Å². The van der Waals surface area contributed by atoms with Crippen molar-refractivity contribution in [2.45, 2.75) is 38.1 Å². The van der Waals surface area contributed by atoms with Crippen molar-refractivity contribution >= 4 is 11.9 Å². The van der Waals surface area contributed by atoms with E-state index < -0.39 is 11.4 Å². The van der Waals surface area contributed by atoms with Crippen molar-refractivity contribution in [1.29, 1.82) is 0 Å². The molecule has 2 heterocycles. The number of aryl methyl sites for hydroxylation is 2. The zero-order chi connectivity index (χ0) is 23.1. The van der Waals surface area contributed by atoms with Crippen LogP contribution in [0.1, 0.15) is 58.0 Å². The molecule has 0 fully saturated rings. The van der Waals surface area contributed by atoms with Crippen molar-refractivity contribution in [3.63, 3.8) is 0 Å². The van der Waals surface area contributed by atoms with Crippen LogP contribution in [-0.2, 0) is 17.6 Å². The van der Waals surface area contributed by atoms with E-state index in [9.17, 15) is 14.4 Å². The van der Waals surface area contributed by atoms with Crippen LogP contribution >= 0.6 is 0 Å². The summed E-state index contributed by atoms with van der Waals surface area (Å²) in [5.74, 6) is -1.28. The van der Waals surface area contributed by atoms with E-state index in [0.29, 0.717) is 6.54 Å². The minimum atomic E-state index is -0.577. The summed E-state index contributed by atoms with van der Waals surface area (Å²) in [5.41, 5.74) is 4.36. The molecule has 0 N–H and O–H groups in total. The third kappa shape index (κ3) is 3.53. The van der Waals surface area contributed by atoms with Gasteiger partial charge in [0.25, 0.3) is 5.91 Å². The molecule has 1 amide bonds. The number of ether oxygens (including phenoxy) is 1. The molecular formula is C26H25N3O4. The maximum Gasteiger partial charge on any atom is 0.311 e. The number of nitrogens with zero attached hydrogens (tertiary/aromatic N) is 3. The molecule has 3 aromatic rings. The van der Waals surface area contributed by atoms with Gasteiger partial charge in [0, 0.05) is 25.9 Å². The molecule has 7 nitrogen and oxygen atoms in total. The minimum Gasteiger partial charge on any atom is -0.420 e. The lowest BCUT2D eigenvalue weighted by Gasteiger charge is -2.38. The number of benzene rings is 2. The van der Waals surface area contributed by atoms with Crippen LogP contribution in [0.25, 0.3) is 0 Å². The van der Waals surface area contributed by atoms with Crippen LogP contribution in [0, 0.1) is 0 Å². The van der Waals surface area contributed by atoms with Crippen molar-refractivity contribution in [1.82, 2.24) is 14.7 Å². The molecule has 0 saturated heterocycles. The Hall–Kier alpha value is -3.74. The van der Waals surface area contributed by atoms with Gasteiger partial charge >= 0.3 is 5.97 Å². The fraction of sp³-hybridized carbons (Fsp3) is 0.308. The number of carbonyl (C=O) groups excluding carboxylic acids is 2. The number of carbonyl (C=O) groups is 2. The molecule has 33 heavy (non-hydrogen) atoms. The first-order valence-electron chi connectivity index (χ1n) is 11.2. The minimum absolute atomic E-state index is 0.0299. The van der Waals surface area contributed by atoms with Gasteiger partial charge in [0.05, 0.1) is 12.2 Å². The molecule has 7 heteroatoms. The normalized spacial score (nSPS) is 17.6. The molecule has 1 atom stereocenters. The summed E-state index contributed by atoms with van der Waals surface area (Å²) < 4.78 is 6.95. The number of likely N-dealkylation sites (N-methyl/N-ethyl adjacent to an activating group) is 1. The number of aromatic nitrogens is 2. The molecule has 2 aliphatic rings. The fourth-order valence-electron chi connectivity index (χ4n) is 5.03. The van der Waals surface area contributed by atoms with E-state index in [1.165, 1.54) is 22.3 Å². The number of esters is 1. The van der Waals surface area contributed by atoms with Crippen LogP contribution in [0.5, 0.6) is 5.75 Å². The molecule has 1 aromatic heterocycles. The predicted octanol–water partition coefficient (Wildman–Crippen LogP) is 3.12. The smallest absolute Gasteiger partial charge is 0.311 e. The van der Waals surface area contributed by atoms with Gasteiger partial charge in [-0.2, -0.15) is 5.10 Å². The van der Waals surface area contributed by atoms with Crippen molar-refractivity contribution in [2.24, 2.45) is 0 Å². The lowest BCUT2D eigenvalue weighted by atomic mass is 9.81. The Morgan fingerprint density at radius 3 is 2.24 bits per heavy atom. The second-order valence-corrected chi connectivity index (χ2v) is 8.59. The third-order valence-corrected chi connectivity index (χ3v) is 6.63. The van der Waals surface area contributed by atoms with Gasteiger partial charge in [-0.15, -0.1) is 0 Å². The molecular weight excluding hydrogens is 418 g/mol. The zero-order valence-corrected chi connectivity index (χ0v) is 18.7. The van der Waals surface area contributed by atoms with Gasteiger partial charge in [0.2, 0.25) is 11.2 Å². The standard InChI is InChI=1S/C26H25N3O4/c1-3-22(31)33-25-21(30)14-27-29-20(15-28(2)26(32)24(25)29)23-18-10-6-4-8-16(18)12-13-17-9-5-7-11-19(17)23/h4-11,14,20,23H,3,12-13,15H2,1-2H3. The van der Waals surface area contributed by atoms with Crippen LogP contribution in [0.4, 0.5) is 0 Å². The van der Waals surface area contributed by atoms with Gasteiger partial charge in [0.15, 0.2) is 5.69 Å². The van der Waals surface area contributed by atoms with Gasteiger partial charge in [-0.3, -0.25) is 19.1 Å². The van der Waals surface area contributed by atoms with E-state index in [0.717, 1.165) is 19.0 Å². The molecule has 0 saturated carbocycles. The lowest BCUT2D eigenvalue weighted by molar-refractivity contribution is -0.134. The average molecular weight is 444 g/mol. The second-order valence-electron chi connectivity index (χ2n) is 8.59. The summed E-state index contributed by atoms with van der Waals surface area (Å²) in [6, 6.07) is 16.5. The van der Waals surface area contributed by atoms with E-state index in [4.69, 9.17) is 4.74 Å². The van der Waals surface area contributed by atoms with Crippen LogP contribution in [-0.4, -0.2) is 40.1 Å². The number of hydrogen-bond donors (Lipinski definition) is 0. The van der Waals surface area contributed by atoms with Gasteiger partial charge in [-0.1, -0.05) is 55.5 Å². The average Bonchev–Trinajstić information content (AvgIpc) is 2.99. The quantitative estimate of drug-likeness (QED) is 0.581. The van der Waals surface area contributed by atoms with Crippen molar-refractivity contribution in [2.75, 3.05) is 13.6 Å². The van der Waals surface area contributed by atoms with Crippen LogP contribution in [0.15, 0.2) is 59.5 Å². The molecule has 1 aliphatic carbocycles. The number of fused-ring (bicyclic) bond motifs is 3. The highest BCUT2D eigenvalue weighted by Crippen LogP contribution is 2.43. The van der Waals surface area contributed by atoms with Crippen LogP contribution in [0.3, 0.4) is 0 Å². The molecule has 1 aliphatic heterocycles. The van der Waals surface area contributed by atoms with E-state index in [2.05, 4.69) is 29.4 Å². The largest absolute Gasteiger partial charge is 0.420 e. The van der Waals surface area contributed by atoms with E-state index in [-0.39, 0.29) is 35.7 Å². The Labute approximate surface area is 191 Å². The van der Waals surface area contributed by atoms with Crippen molar-refractivity contribution in [3.8, 4) is 5.75 Å². The summed E-state index contributed by atoms with van der Waals surface area (Å²) in [6.07, 6.45) is 3.09. The monoisotopic (exact) mass is 443 g/mol. The van der Waals surface area contributed by atoms with Gasteiger partial charge in [0.1, 0.15) is 0 Å². The first kappa shape index (κ1) is 21.1. The molecule has 0 bridgehead atoms. The lowest BCUT2D eigenvalue weighted by Crippen LogP contribution is -2.45. The number of rotatable bonds is 3. The highest BCUT2D eigenvalue weighted by Gasteiger charge is 2.40. The summed E-state index contributed by atoms with van der Waals surface area (Å²) in [7, 11) is 1.70. The zero-order valence-electron chi connectivity index (χ0n) is 18.7. The fourth-order valence-corrected chi connectivity index (χ4v) is 5.03.